The number of carboxylic acids is 1. The van der Waals surface area contributed by atoms with Gasteiger partial charge in [-0.2, -0.15) is 11.8 Å². The second kappa shape index (κ2) is 15.6. The lowest BCUT2D eigenvalue weighted by molar-refractivity contribution is -0.403. The first-order valence-corrected chi connectivity index (χ1v) is 14.8. The molecule has 0 fully saturated rings. The zero-order chi connectivity index (χ0) is 30.6. The molecule has 4 atom stereocenters. The SMILES string of the molecule is CSCC[C@@H](NC(=O)[C@H]([NH3+])Cc1c[nH]c2ccccc12)C(=O)N[C@H](CC(=O)[O-])C(=O)N[C@@H](Cc1ccccc1)C(N)=O. The summed E-state index contributed by atoms with van der Waals surface area (Å²) in [7, 11) is 0. The number of para-hydroxylation sites is 1. The Morgan fingerprint density at radius 2 is 1.50 bits per heavy atom. The number of aromatic amines is 1. The van der Waals surface area contributed by atoms with Crippen LogP contribution < -0.4 is 32.5 Å². The Morgan fingerprint density at radius 3 is 2.17 bits per heavy atom. The fraction of sp³-hybridized carbons (Fsp3) is 0.345. The summed E-state index contributed by atoms with van der Waals surface area (Å²) in [6, 6.07) is 11.9. The number of benzene rings is 2. The van der Waals surface area contributed by atoms with Crippen molar-refractivity contribution in [3.63, 3.8) is 0 Å². The fourth-order valence-electron chi connectivity index (χ4n) is 4.45. The maximum Gasteiger partial charge on any atom is 0.279 e. The molecule has 3 aromatic rings. The van der Waals surface area contributed by atoms with E-state index in [0.29, 0.717) is 12.2 Å². The first-order chi connectivity index (χ1) is 20.1. The Bertz CT molecular complexity index is 1400. The smallest absolute Gasteiger partial charge is 0.279 e. The lowest BCUT2D eigenvalue weighted by atomic mass is 10.0. The zero-order valence-corrected chi connectivity index (χ0v) is 24.1. The predicted octanol–water partition coefficient (Wildman–Crippen LogP) is -1.60. The number of nitrogens with one attached hydrogen (secondary N) is 4. The van der Waals surface area contributed by atoms with E-state index in [4.69, 9.17) is 5.73 Å². The van der Waals surface area contributed by atoms with Gasteiger partial charge in [0, 0.05) is 42.3 Å². The Labute approximate surface area is 247 Å². The molecule has 2 aromatic carbocycles. The van der Waals surface area contributed by atoms with Crippen molar-refractivity contribution in [2.24, 2.45) is 5.73 Å². The molecule has 4 amide bonds. The molecular formula is C29H36N6O6S. The largest absolute Gasteiger partial charge is 0.550 e. The highest BCUT2D eigenvalue weighted by molar-refractivity contribution is 7.98. The Morgan fingerprint density at radius 1 is 0.881 bits per heavy atom. The molecule has 1 heterocycles. The summed E-state index contributed by atoms with van der Waals surface area (Å²) in [5.74, 6) is -4.06. The van der Waals surface area contributed by atoms with E-state index in [1.54, 1.807) is 30.3 Å². The maximum atomic E-state index is 13.3. The van der Waals surface area contributed by atoms with Gasteiger partial charge in [-0.3, -0.25) is 19.2 Å². The fourth-order valence-corrected chi connectivity index (χ4v) is 4.92. The zero-order valence-electron chi connectivity index (χ0n) is 23.3. The van der Waals surface area contributed by atoms with Crippen LogP contribution in [0, 0.1) is 0 Å². The van der Waals surface area contributed by atoms with Gasteiger partial charge in [0.05, 0.1) is 0 Å². The van der Waals surface area contributed by atoms with E-state index < -0.39 is 60.2 Å². The number of carboxylic acid groups (broad SMARTS) is 1. The minimum Gasteiger partial charge on any atom is -0.550 e. The van der Waals surface area contributed by atoms with Gasteiger partial charge in [-0.15, -0.1) is 0 Å². The van der Waals surface area contributed by atoms with Crippen LogP contribution in [-0.2, 0) is 36.8 Å². The van der Waals surface area contributed by atoms with Gasteiger partial charge < -0.3 is 42.3 Å². The van der Waals surface area contributed by atoms with Gasteiger partial charge in [-0.05, 0) is 35.6 Å². The lowest BCUT2D eigenvalue weighted by Gasteiger charge is -2.25. The predicted molar refractivity (Wildman–Crippen MR) is 156 cm³/mol. The molecule has 1 aromatic heterocycles. The lowest BCUT2D eigenvalue weighted by Crippen LogP contribution is -2.70. The summed E-state index contributed by atoms with van der Waals surface area (Å²) in [6.07, 6.45) is 3.40. The van der Waals surface area contributed by atoms with Crippen LogP contribution in [0.3, 0.4) is 0 Å². The van der Waals surface area contributed by atoms with Crippen molar-refractivity contribution < 1.29 is 34.8 Å². The minimum absolute atomic E-state index is 0.0711. The molecule has 0 spiro atoms. The highest BCUT2D eigenvalue weighted by atomic mass is 32.2. The van der Waals surface area contributed by atoms with Crippen molar-refractivity contribution in [3.8, 4) is 0 Å². The summed E-state index contributed by atoms with van der Waals surface area (Å²) in [5.41, 5.74) is 12.0. The summed E-state index contributed by atoms with van der Waals surface area (Å²) < 4.78 is 0. The van der Waals surface area contributed by atoms with Crippen molar-refractivity contribution in [2.45, 2.75) is 49.9 Å². The van der Waals surface area contributed by atoms with Crippen LogP contribution >= 0.6 is 11.8 Å². The van der Waals surface area contributed by atoms with Crippen molar-refractivity contribution in [1.82, 2.24) is 20.9 Å². The Balaban J connectivity index is 1.69. The summed E-state index contributed by atoms with van der Waals surface area (Å²) >= 11 is 1.45. The number of aliphatic carboxylic acids is 1. The average molecular weight is 597 g/mol. The Hall–Kier alpha value is -4.36. The first-order valence-electron chi connectivity index (χ1n) is 13.4. The maximum absolute atomic E-state index is 13.3. The van der Waals surface area contributed by atoms with E-state index in [-0.39, 0.29) is 12.8 Å². The van der Waals surface area contributed by atoms with E-state index >= 15 is 0 Å². The number of H-pyrrole nitrogens is 1. The van der Waals surface area contributed by atoms with E-state index in [1.165, 1.54) is 11.8 Å². The van der Waals surface area contributed by atoms with Crippen LogP contribution in [0.2, 0.25) is 0 Å². The number of hydrogen-bond acceptors (Lipinski definition) is 7. The quantitative estimate of drug-likeness (QED) is 0.114. The first kappa shape index (κ1) is 32.2. The molecule has 0 radical (unpaired) electrons. The number of primary amides is 1. The highest BCUT2D eigenvalue weighted by Crippen LogP contribution is 2.18. The van der Waals surface area contributed by atoms with Gasteiger partial charge in [0.25, 0.3) is 5.91 Å². The van der Waals surface area contributed by atoms with Crippen LogP contribution in [0.5, 0.6) is 0 Å². The molecule has 9 N–H and O–H groups in total. The number of rotatable bonds is 16. The van der Waals surface area contributed by atoms with E-state index in [1.807, 2.05) is 36.7 Å². The molecule has 0 saturated carbocycles. The molecule has 0 aliphatic rings. The van der Waals surface area contributed by atoms with Crippen molar-refractivity contribution in [1.29, 1.82) is 0 Å². The van der Waals surface area contributed by atoms with E-state index in [2.05, 4.69) is 26.7 Å². The minimum atomic E-state index is -1.59. The number of fused-ring (bicyclic) bond motifs is 1. The molecule has 13 heteroatoms. The van der Waals surface area contributed by atoms with Crippen molar-refractivity contribution >= 4 is 52.3 Å². The van der Waals surface area contributed by atoms with Crippen LogP contribution in [0.4, 0.5) is 0 Å². The molecular weight excluding hydrogens is 560 g/mol. The van der Waals surface area contributed by atoms with Gasteiger partial charge in [-0.1, -0.05) is 48.5 Å². The van der Waals surface area contributed by atoms with Crippen LogP contribution in [0.25, 0.3) is 10.9 Å². The van der Waals surface area contributed by atoms with Crippen LogP contribution in [0.1, 0.15) is 24.0 Å². The van der Waals surface area contributed by atoms with Gasteiger partial charge in [0.1, 0.15) is 18.1 Å². The van der Waals surface area contributed by atoms with Crippen molar-refractivity contribution in [2.75, 3.05) is 12.0 Å². The number of aromatic nitrogens is 1. The molecule has 0 aliphatic carbocycles. The average Bonchev–Trinajstić information content (AvgIpc) is 3.37. The van der Waals surface area contributed by atoms with Gasteiger partial charge in [0.2, 0.25) is 17.7 Å². The molecule has 42 heavy (non-hydrogen) atoms. The van der Waals surface area contributed by atoms with Crippen molar-refractivity contribution in [3.05, 3.63) is 71.9 Å². The number of carbonyl (C=O) groups excluding carboxylic acids is 5. The molecule has 0 aliphatic heterocycles. The third-order valence-electron chi connectivity index (χ3n) is 6.70. The number of quaternary nitrogens is 1. The van der Waals surface area contributed by atoms with Gasteiger partial charge >= 0.3 is 0 Å². The third kappa shape index (κ3) is 9.35. The third-order valence-corrected chi connectivity index (χ3v) is 7.35. The Kier molecular flexibility index (Phi) is 11.9. The normalized spacial score (nSPS) is 13.9. The second-order valence-corrected chi connectivity index (χ2v) is 10.9. The molecule has 224 valence electrons. The van der Waals surface area contributed by atoms with Crippen LogP contribution in [0.15, 0.2) is 60.8 Å². The highest BCUT2D eigenvalue weighted by Gasteiger charge is 2.31. The molecule has 0 bridgehead atoms. The molecule has 0 saturated heterocycles. The summed E-state index contributed by atoms with van der Waals surface area (Å²) in [5, 5.41) is 19.9. The number of hydrogen-bond donors (Lipinski definition) is 6. The molecule has 3 rings (SSSR count). The number of amides is 4. The van der Waals surface area contributed by atoms with Gasteiger partial charge in [0.15, 0.2) is 6.04 Å². The summed E-state index contributed by atoms with van der Waals surface area (Å²) in [4.78, 5) is 66.0. The molecule has 12 nitrogen and oxygen atoms in total. The molecule has 0 unspecified atom stereocenters. The number of carbonyl (C=O) groups is 5. The van der Waals surface area contributed by atoms with E-state index in [9.17, 15) is 29.1 Å². The number of thioether (sulfide) groups is 1. The number of nitrogens with two attached hydrogens (primary N) is 1. The topological polar surface area (TPSA) is 214 Å². The van der Waals surface area contributed by atoms with E-state index in [0.717, 1.165) is 22.0 Å². The van der Waals surface area contributed by atoms with Crippen LogP contribution in [-0.4, -0.2) is 70.8 Å². The second-order valence-electron chi connectivity index (χ2n) is 9.89. The standard InChI is InChI=1S/C29H36N6O6S/c1-42-12-11-22(33-27(39)20(30)14-18-16-32-21-10-6-5-9-19(18)21)28(40)35-24(15-25(36)37)29(41)34-23(26(31)38)13-17-7-3-2-4-8-17/h2-10,16,20,22-24,32H,11-15,30H2,1H3,(H2,31,38)(H,33,39)(H,34,41)(H,35,40)(H,36,37)/t20-,22-,23+,24-/m1/s1. The van der Waals surface area contributed by atoms with Gasteiger partial charge in [-0.25, -0.2) is 0 Å². The summed E-state index contributed by atoms with van der Waals surface area (Å²) in [6.45, 7) is 0. The monoisotopic (exact) mass is 596 g/mol.